The molecule has 7 nitrogen and oxygen atoms in total. The van der Waals surface area contributed by atoms with Gasteiger partial charge >= 0.3 is 0 Å². The second-order valence-electron chi connectivity index (χ2n) is 9.38. The normalized spacial score (nSPS) is 16.1. The molecule has 174 valence electrons. The molecule has 3 heterocycles. The number of anilines is 1. The van der Waals surface area contributed by atoms with E-state index in [0.29, 0.717) is 42.9 Å². The number of nitrogens with zero attached hydrogens (tertiary/aromatic N) is 4. The molecule has 0 aliphatic carbocycles. The molecular weight excluding hydrogens is 428 g/mol. The molecule has 7 heteroatoms. The Morgan fingerprint density at radius 1 is 0.882 bits per heavy atom. The Hall–Kier alpha value is -3.74. The van der Waals surface area contributed by atoms with E-state index in [1.165, 1.54) is 15.8 Å². The molecule has 0 spiro atoms. The van der Waals surface area contributed by atoms with E-state index in [1.807, 2.05) is 0 Å². The zero-order valence-electron chi connectivity index (χ0n) is 20.0. The molecule has 1 saturated heterocycles. The molecule has 1 fully saturated rings. The highest BCUT2D eigenvalue weighted by molar-refractivity contribution is 6.22. The van der Waals surface area contributed by atoms with Gasteiger partial charge in [0.25, 0.3) is 17.7 Å². The van der Waals surface area contributed by atoms with Crippen LogP contribution in [-0.4, -0.2) is 64.7 Å². The first kappa shape index (κ1) is 22.1. The smallest absolute Gasteiger partial charge is 0.261 e. The van der Waals surface area contributed by atoms with Crippen LogP contribution in [0, 0.1) is 13.8 Å². The van der Waals surface area contributed by atoms with E-state index in [-0.39, 0.29) is 23.8 Å². The van der Waals surface area contributed by atoms with Crippen LogP contribution in [-0.2, 0) is 0 Å². The van der Waals surface area contributed by atoms with E-state index >= 15 is 0 Å². The van der Waals surface area contributed by atoms with Gasteiger partial charge < -0.3 is 9.80 Å². The molecule has 0 bridgehead atoms. The molecule has 2 aliphatic heterocycles. The number of amides is 3. The van der Waals surface area contributed by atoms with Crippen LogP contribution in [0.4, 0.5) is 5.82 Å². The summed E-state index contributed by atoms with van der Waals surface area (Å²) in [5.74, 6) is 0.185. The van der Waals surface area contributed by atoms with Gasteiger partial charge in [-0.05, 0) is 63.1 Å². The predicted octanol–water partition coefficient (Wildman–Crippen LogP) is 3.82. The zero-order chi connectivity index (χ0) is 24.1. The number of hydrogen-bond donors (Lipinski definition) is 0. The average molecular weight is 457 g/mol. The van der Waals surface area contributed by atoms with E-state index in [2.05, 4.69) is 43.0 Å². The van der Waals surface area contributed by atoms with Crippen molar-refractivity contribution in [2.24, 2.45) is 0 Å². The van der Waals surface area contributed by atoms with Crippen molar-refractivity contribution in [2.45, 2.75) is 33.7 Å². The number of aryl methyl sites for hydroxylation is 2. The SMILES string of the molecule is Cc1cc(N2CCN(C(=O)c3ccc4c(c3)C(=O)N(C(C)C)C4=O)CC2)nc2c(C)cccc12. The van der Waals surface area contributed by atoms with Crippen LogP contribution in [0.25, 0.3) is 10.9 Å². The summed E-state index contributed by atoms with van der Waals surface area (Å²) in [5.41, 5.74) is 4.48. The Bertz CT molecular complexity index is 1340. The van der Waals surface area contributed by atoms with Gasteiger partial charge in [-0.2, -0.15) is 0 Å². The number of imide groups is 1. The van der Waals surface area contributed by atoms with Crippen molar-refractivity contribution in [3.8, 4) is 0 Å². The molecular formula is C27H28N4O3. The number of fused-ring (bicyclic) bond motifs is 2. The lowest BCUT2D eigenvalue weighted by atomic mass is 10.0. The number of carbonyl (C=O) groups is 3. The molecule has 0 radical (unpaired) electrons. The minimum atomic E-state index is -0.331. The summed E-state index contributed by atoms with van der Waals surface area (Å²) in [5, 5.41) is 1.17. The van der Waals surface area contributed by atoms with Gasteiger partial charge in [0.15, 0.2) is 0 Å². The summed E-state index contributed by atoms with van der Waals surface area (Å²) in [6.07, 6.45) is 0. The summed E-state index contributed by atoms with van der Waals surface area (Å²) in [7, 11) is 0. The molecule has 2 aliphatic rings. The van der Waals surface area contributed by atoms with Crippen molar-refractivity contribution < 1.29 is 14.4 Å². The van der Waals surface area contributed by atoms with E-state index < -0.39 is 0 Å². The van der Waals surface area contributed by atoms with Gasteiger partial charge in [-0.15, -0.1) is 0 Å². The fourth-order valence-corrected chi connectivity index (χ4v) is 4.89. The third-order valence-electron chi connectivity index (χ3n) is 6.81. The Labute approximate surface area is 199 Å². The number of hydrogen-bond acceptors (Lipinski definition) is 5. The standard InChI is InChI=1S/C27H28N4O3/c1-16(2)31-26(33)21-9-8-19(15-22(21)27(31)34)25(32)30-12-10-29(11-13-30)23-14-18(4)20-7-5-6-17(3)24(20)28-23/h5-9,14-16H,10-13H2,1-4H3. The van der Waals surface area contributed by atoms with Crippen LogP contribution in [0.15, 0.2) is 42.5 Å². The highest BCUT2D eigenvalue weighted by Crippen LogP contribution is 2.28. The summed E-state index contributed by atoms with van der Waals surface area (Å²) in [4.78, 5) is 48.6. The van der Waals surface area contributed by atoms with E-state index in [1.54, 1.807) is 36.9 Å². The highest BCUT2D eigenvalue weighted by atomic mass is 16.2. The Morgan fingerprint density at radius 3 is 2.29 bits per heavy atom. The van der Waals surface area contributed by atoms with Crippen LogP contribution in [0.1, 0.15) is 56.0 Å². The first-order valence-electron chi connectivity index (χ1n) is 11.7. The van der Waals surface area contributed by atoms with Gasteiger partial charge in [0.2, 0.25) is 0 Å². The third kappa shape index (κ3) is 3.52. The Morgan fingerprint density at radius 2 is 1.59 bits per heavy atom. The van der Waals surface area contributed by atoms with Crippen molar-refractivity contribution in [2.75, 3.05) is 31.1 Å². The van der Waals surface area contributed by atoms with Gasteiger partial charge in [0.1, 0.15) is 5.82 Å². The number of benzene rings is 2. The van der Waals surface area contributed by atoms with E-state index in [0.717, 1.165) is 16.9 Å². The fourth-order valence-electron chi connectivity index (χ4n) is 4.89. The first-order chi connectivity index (χ1) is 16.3. The number of para-hydroxylation sites is 1. The average Bonchev–Trinajstić information content (AvgIpc) is 3.08. The minimum Gasteiger partial charge on any atom is -0.353 e. The third-order valence-corrected chi connectivity index (χ3v) is 6.81. The highest BCUT2D eigenvalue weighted by Gasteiger charge is 2.37. The fraction of sp³-hybridized carbons (Fsp3) is 0.333. The number of carbonyl (C=O) groups excluding carboxylic acids is 3. The predicted molar refractivity (Wildman–Crippen MR) is 131 cm³/mol. The van der Waals surface area contributed by atoms with Crippen molar-refractivity contribution in [1.29, 1.82) is 0 Å². The summed E-state index contributed by atoms with van der Waals surface area (Å²) < 4.78 is 0. The number of piperazine rings is 1. The molecule has 1 aromatic heterocycles. The lowest BCUT2D eigenvalue weighted by molar-refractivity contribution is 0.0608. The van der Waals surface area contributed by atoms with Gasteiger partial charge in [-0.1, -0.05) is 18.2 Å². The topological polar surface area (TPSA) is 73.8 Å². The number of rotatable bonds is 3. The molecule has 34 heavy (non-hydrogen) atoms. The van der Waals surface area contributed by atoms with E-state index in [9.17, 15) is 14.4 Å². The minimum absolute atomic E-state index is 0.121. The maximum atomic E-state index is 13.2. The van der Waals surface area contributed by atoms with Crippen LogP contribution in [0.3, 0.4) is 0 Å². The molecule has 2 aromatic carbocycles. The van der Waals surface area contributed by atoms with Gasteiger partial charge in [-0.3, -0.25) is 19.3 Å². The maximum Gasteiger partial charge on any atom is 0.261 e. The van der Waals surface area contributed by atoms with Crippen LogP contribution in [0.2, 0.25) is 0 Å². The molecule has 0 unspecified atom stereocenters. The molecule has 3 amide bonds. The number of pyridine rings is 1. The summed E-state index contributed by atoms with van der Waals surface area (Å²) >= 11 is 0. The second-order valence-corrected chi connectivity index (χ2v) is 9.38. The number of aromatic nitrogens is 1. The second kappa shape index (κ2) is 8.24. The zero-order valence-corrected chi connectivity index (χ0v) is 20.0. The van der Waals surface area contributed by atoms with Gasteiger partial charge in [0.05, 0.1) is 16.6 Å². The molecule has 0 N–H and O–H groups in total. The Kier molecular flexibility index (Phi) is 5.35. The van der Waals surface area contributed by atoms with Crippen molar-refractivity contribution in [1.82, 2.24) is 14.8 Å². The van der Waals surface area contributed by atoms with Crippen LogP contribution in [0.5, 0.6) is 0 Å². The van der Waals surface area contributed by atoms with Gasteiger partial charge in [-0.25, -0.2) is 4.98 Å². The largest absolute Gasteiger partial charge is 0.353 e. The molecule has 3 aromatic rings. The van der Waals surface area contributed by atoms with E-state index in [4.69, 9.17) is 4.98 Å². The van der Waals surface area contributed by atoms with Crippen molar-refractivity contribution in [3.63, 3.8) is 0 Å². The summed E-state index contributed by atoms with van der Waals surface area (Å²) in [6, 6.07) is 12.9. The van der Waals surface area contributed by atoms with Crippen molar-refractivity contribution >= 4 is 34.4 Å². The van der Waals surface area contributed by atoms with Crippen LogP contribution >= 0.6 is 0 Å². The monoisotopic (exact) mass is 456 g/mol. The van der Waals surface area contributed by atoms with Gasteiger partial charge in [0, 0.05) is 43.2 Å². The first-order valence-corrected chi connectivity index (χ1v) is 11.7. The molecule has 0 saturated carbocycles. The Balaban J connectivity index is 1.32. The quantitative estimate of drug-likeness (QED) is 0.560. The molecule has 5 rings (SSSR count). The lowest BCUT2D eigenvalue weighted by Crippen LogP contribution is -2.49. The lowest BCUT2D eigenvalue weighted by Gasteiger charge is -2.35. The van der Waals surface area contributed by atoms with Crippen LogP contribution < -0.4 is 4.90 Å². The molecule has 0 atom stereocenters. The van der Waals surface area contributed by atoms with Crippen molar-refractivity contribution in [3.05, 3.63) is 70.3 Å². The maximum absolute atomic E-state index is 13.2. The summed E-state index contributed by atoms with van der Waals surface area (Å²) in [6.45, 7) is 10.3.